The molecule has 0 fully saturated rings. The largest absolute Gasteiger partial charge is 0.461 e. The molecule has 74 valence electrons. The minimum atomic E-state index is -0.407. The Hall–Kier alpha value is -1.07. The summed E-state index contributed by atoms with van der Waals surface area (Å²) in [4.78, 5) is 11.1. The molecule has 1 rings (SSSR count). The lowest BCUT2D eigenvalue weighted by Gasteiger charge is -1.99. The summed E-state index contributed by atoms with van der Waals surface area (Å²) >= 11 is 0. The average molecular weight is 206 g/mol. The Balaban J connectivity index is 0.00000144. The molecule has 0 radical (unpaired) electrons. The lowest BCUT2D eigenvalue weighted by atomic mass is 10.2. The van der Waals surface area contributed by atoms with Crippen LogP contribution in [0.3, 0.4) is 0 Å². The van der Waals surface area contributed by atoms with Gasteiger partial charge in [-0.05, 0) is 6.92 Å². The van der Waals surface area contributed by atoms with E-state index in [2.05, 4.69) is 10.2 Å². The number of esters is 1. The monoisotopic (exact) mass is 205 g/mol. The summed E-state index contributed by atoms with van der Waals surface area (Å²) < 4.78 is 4.76. The molecule has 0 aliphatic heterocycles. The molecule has 0 amide bonds. The molecule has 0 unspecified atom stereocenters. The van der Waals surface area contributed by atoms with Crippen molar-refractivity contribution >= 4 is 18.4 Å². The molecule has 13 heavy (non-hydrogen) atoms. The first-order valence-corrected chi connectivity index (χ1v) is 3.69. The fourth-order valence-corrected chi connectivity index (χ4v) is 0.846. The van der Waals surface area contributed by atoms with Gasteiger partial charge in [0.25, 0.3) is 0 Å². The van der Waals surface area contributed by atoms with Crippen LogP contribution >= 0.6 is 12.4 Å². The zero-order valence-corrected chi connectivity index (χ0v) is 8.06. The highest BCUT2D eigenvalue weighted by molar-refractivity contribution is 5.88. The van der Waals surface area contributed by atoms with Crippen LogP contribution in [0.15, 0.2) is 6.20 Å². The van der Waals surface area contributed by atoms with Crippen LogP contribution in [0.5, 0.6) is 0 Å². The number of rotatable bonds is 3. The normalized spacial score (nSPS) is 9.08. The lowest BCUT2D eigenvalue weighted by molar-refractivity contribution is 0.0518. The SMILES string of the molecule is CCOC(=O)c1[nH]ncc1CN.Cl. The molecule has 0 aliphatic rings. The molecular weight excluding hydrogens is 194 g/mol. The molecule has 0 bridgehead atoms. The molecule has 3 N–H and O–H groups in total. The van der Waals surface area contributed by atoms with Gasteiger partial charge in [-0.25, -0.2) is 4.79 Å². The van der Waals surface area contributed by atoms with Crippen LogP contribution in [-0.4, -0.2) is 22.8 Å². The second-order valence-corrected chi connectivity index (χ2v) is 2.19. The summed E-state index contributed by atoms with van der Waals surface area (Å²) in [5, 5.41) is 6.23. The van der Waals surface area contributed by atoms with Crippen molar-refractivity contribution in [2.24, 2.45) is 5.73 Å². The van der Waals surface area contributed by atoms with E-state index in [4.69, 9.17) is 10.5 Å². The molecule has 0 saturated carbocycles. The summed E-state index contributed by atoms with van der Waals surface area (Å²) in [6.45, 7) is 2.38. The maximum absolute atomic E-state index is 11.1. The second-order valence-electron chi connectivity index (χ2n) is 2.19. The smallest absolute Gasteiger partial charge is 0.356 e. The minimum absolute atomic E-state index is 0. The third kappa shape index (κ3) is 2.71. The third-order valence-corrected chi connectivity index (χ3v) is 1.42. The van der Waals surface area contributed by atoms with E-state index in [0.29, 0.717) is 17.9 Å². The number of nitrogens with two attached hydrogens (primary N) is 1. The van der Waals surface area contributed by atoms with Crippen molar-refractivity contribution in [1.29, 1.82) is 0 Å². The van der Waals surface area contributed by atoms with Crippen molar-refractivity contribution in [1.82, 2.24) is 10.2 Å². The summed E-state index contributed by atoms with van der Waals surface area (Å²) in [6, 6.07) is 0. The number of ether oxygens (including phenoxy) is 1. The summed E-state index contributed by atoms with van der Waals surface area (Å²) in [7, 11) is 0. The predicted octanol–water partition coefficient (Wildman–Crippen LogP) is 0.467. The van der Waals surface area contributed by atoms with Gasteiger partial charge in [-0.2, -0.15) is 5.10 Å². The van der Waals surface area contributed by atoms with Crippen LogP contribution in [0.1, 0.15) is 23.0 Å². The summed E-state index contributed by atoms with van der Waals surface area (Å²) in [6.07, 6.45) is 1.52. The van der Waals surface area contributed by atoms with E-state index in [-0.39, 0.29) is 19.0 Å². The number of carbonyl (C=O) groups excluding carboxylic acids is 1. The standard InChI is InChI=1S/C7H11N3O2.ClH/c1-2-12-7(11)6-5(3-8)4-9-10-6;/h4H,2-3,8H2,1H3,(H,9,10);1H. The minimum Gasteiger partial charge on any atom is -0.461 e. The van der Waals surface area contributed by atoms with Gasteiger partial charge in [-0.1, -0.05) is 0 Å². The predicted molar refractivity (Wildman–Crippen MR) is 49.7 cm³/mol. The van der Waals surface area contributed by atoms with Gasteiger partial charge in [0, 0.05) is 12.1 Å². The maximum Gasteiger partial charge on any atom is 0.356 e. The van der Waals surface area contributed by atoms with Crippen LogP contribution in [0.2, 0.25) is 0 Å². The Labute approximate surface area is 82.1 Å². The first-order valence-electron chi connectivity index (χ1n) is 3.69. The van der Waals surface area contributed by atoms with Gasteiger partial charge in [-0.15, -0.1) is 12.4 Å². The van der Waals surface area contributed by atoms with Crippen molar-refractivity contribution in [2.75, 3.05) is 6.61 Å². The molecule has 5 nitrogen and oxygen atoms in total. The Bertz CT molecular complexity index is 274. The third-order valence-electron chi connectivity index (χ3n) is 1.42. The van der Waals surface area contributed by atoms with E-state index in [1.807, 2.05) is 0 Å². The first kappa shape index (κ1) is 11.9. The van der Waals surface area contributed by atoms with Crippen LogP contribution in [0, 0.1) is 0 Å². The van der Waals surface area contributed by atoms with Crippen LogP contribution in [0.4, 0.5) is 0 Å². The van der Waals surface area contributed by atoms with Gasteiger partial charge in [0.1, 0.15) is 5.69 Å². The molecule has 6 heteroatoms. The lowest BCUT2D eigenvalue weighted by Crippen LogP contribution is -2.09. The number of carbonyl (C=O) groups is 1. The Morgan fingerprint density at radius 2 is 2.46 bits per heavy atom. The van der Waals surface area contributed by atoms with Crippen molar-refractivity contribution in [3.8, 4) is 0 Å². The Morgan fingerprint density at radius 1 is 1.77 bits per heavy atom. The van der Waals surface area contributed by atoms with Gasteiger partial charge in [0.15, 0.2) is 0 Å². The molecule has 0 saturated heterocycles. The van der Waals surface area contributed by atoms with E-state index >= 15 is 0 Å². The highest BCUT2D eigenvalue weighted by atomic mass is 35.5. The number of halogens is 1. The van der Waals surface area contributed by atoms with Crippen LogP contribution < -0.4 is 5.73 Å². The van der Waals surface area contributed by atoms with E-state index in [9.17, 15) is 4.79 Å². The Kier molecular flexibility index (Phi) is 5.10. The molecule has 1 aromatic rings. The van der Waals surface area contributed by atoms with Gasteiger partial charge in [-0.3, -0.25) is 5.10 Å². The molecule has 1 aromatic heterocycles. The fourth-order valence-electron chi connectivity index (χ4n) is 0.846. The number of aromatic nitrogens is 2. The van der Waals surface area contributed by atoms with Crippen molar-refractivity contribution in [3.63, 3.8) is 0 Å². The molecule has 0 aromatic carbocycles. The highest BCUT2D eigenvalue weighted by Crippen LogP contribution is 2.04. The van der Waals surface area contributed by atoms with Crippen LogP contribution in [0.25, 0.3) is 0 Å². The van der Waals surface area contributed by atoms with Gasteiger partial charge < -0.3 is 10.5 Å². The van der Waals surface area contributed by atoms with Gasteiger partial charge in [0.2, 0.25) is 0 Å². The van der Waals surface area contributed by atoms with Crippen molar-refractivity contribution < 1.29 is 9.53 Å². The van der Waals surface area contributed by atoms with Crippen molar-refractivity contribution in [3.05, 3.63) is 17.5 Å². The van der Waals surface area contributed by atoms with Gasteiger partial charge in [0.05, 0.1) is 12.8 Å². The summed E-state index contributed by atoms with van der Waals surface area (Å²) in [5.41, 5.74) is 6.38. The first-order chi connectivity index (χ1) is 5.79. The van der Waals surface area contributed by atoms with Crippen molar-refractivity contribution in [2.45, 2.75) is 13.5 Å². The maximum atomic E-state index is 11.1. The number of nitrogens with one attached hydrogen (secondary N) is 1. The number of H-pyrrole nitrogens is 1. The molecule has 0 aliphatic carbocycles. The number of aromatic amines is 1. The van der Waals surface area contributed by atoms with E-state index in [0.717, 1.165) is 0 Å². The fraction of sp³-hybridized carbons (Fsp3) is 0.429. The zero-order valence-electron chi connectivity index (χ0n) is 7.24. The summed E-state index contributed by atoms with van der Waals surface area (Å²) in [5.74, 6) is -0.407. The highest BCUT2D eigenvalue weighted by Gasteiger charge is 2.12. The number of hydrogen-bond donors (Lipinski definition) is 2. The molecule has 0 atom stereocenters. The molecule has 1 heterocycles. The number of nitrogens with zero attached hydrogens (tertiary/aromatic N) is 1. The van der Waals surface area contributed by atoms with Gasteiger partial charge >= 0.3 is 5.97 Å². The molecule has 0 spiro atoms. The quantitative estimate of drug-likeness (QED) is 0.703. The average Bonchev–Trinajstić information content (AvgIpc) is 2.51. The number of hydrogen-bond acceptors (Lipinski definition) is 4. The van der Waals surface area contributed by atoms with E-state index in [1.54, 1.807) is 6.92 Å². The van der Waals surface area contributed by atoms with E-state index < -0.39 is 5.97 Å². The zero-order chi connectivity index (χ0) is 8.97. The molecular formula is C7H12ClN3O2. The van der Waals surface area contributed by atoms with E-state index in [1.165, 1.54) is 6.20 Å². The second kappa shape index (κ2) is 5.55. The topological polar surface area (TPSA) is 81.0 Å². The van der Waals surface area contributed by atoms with Crippen LogP contribution in [-0.2, 0) is 11.3 Å². The Morgan fingerprint density at radius 3 is 3.00 bits per heavy atom.